The Labute approximate surface area is 112 Å². The molecule has 2 aliphatic rings. The Morgan fingerprint density at radius 3 is 2.82 bits per heavy atom. The van der Waals surface area contributed by atoms with E-state index in [0.29, 0.717) is 0 Å². The average molecular weight is 294 g/mol. The molecule has 1 heterocycles. The van der Waals surface area contributed by atoms with Crippen LogP contribution in [0.15, 0.2) is 16.6 Å². The lowest BCUT2D eigenvalue weighted by Crippen LogP contribution is -2.28. The molecule has 17 heavy (non-hydrogen) atoms. The average Bonchev–Trinajstić information content (AvgIpc) is 2.78. The highest BCUT2D eigenvalue weighted by Crippen LogP contribution is 2.31. The van der Waals surface area contributed by atoms with E-state index < -0.39 is 0 Å². The molecule has 1 aromatic carbocycles. The van der Waals surface area contributed by atoms with Gasteiger partial charge in [-0.25, -0.2) is 0 Å². The van der Waals surface area contributed by atoms with Crippen molar-refractivity contribution in [1.82, 2.24) is 5.32 Å². The molecule has 1 nitrogen and oxygen atoms in total. The van der Waals surface area contributed by atoms with Gasteiger partial charge >= 0.3 is 0 Å². The molecule has 1 saturated heterocycles. The maximum atomic E-state index is 3.67. The zero-order valence-corrected chi connectivity index (χ0v) is 11.9. The third-order valence-electron chi connectivity index (χ3n) is 4.24. The van der Waals surface area contributed by atoms with Gasteiger partial charge in [0.25, 0.3) is 0 Å². The summed E-state index contributed by atoms with van der Waals surface area (Å²) in [7, 11) is 0. The van der Waals surface area contributed by atoms with Crippen LogP contribution in [0.2, 0.25) is 0 Å². The van der Waals surface area contributed by atoms with Crippen LogP contribution in [0.1, 0.15) is 36.0 Å². The smallest absolute Gasteiger partial charge is 0.0180 e. The van der Waals surface area contributed by atoms with Crippen LogP contribution in [-0.4, -0.2) is 13.1 Å². The summed E-state index contributed by atoms with van der Waals surface area (Å²) in [5.74, 6) is 0.898. The fourth-order valence-corrected chi connectivity index (χ4v) is 3.89. The summed E-state index contributed by atoms with van der Waals surface area (Å²) in [4.78, 5) is 0. The van der Waals surface area contributed by atoms with Crippen LogP contribution in [-0.2, 0) is 19.3 Å². The van der Waals surface area contributed by atoms with Gasteiger partial charge in [0.2, 0.25) is 0 Å². The van der Waals surface area contributed by atoms with Crippen LogP contribution in [0.3, 0.4) is 0 Å². The van der Waals surface area contributed by atoms with Gasteiger partial charge in [-0.3, -0.25) is 0 Å². The molecule has 0 bridgehead atoms. The Morgan fingerprint density at radius 1 is 1.18 bits per heavy atom. The predicted molar refractivity (Wildman–Crippen MR) is 75.5 cm³/mol. The molecule has 0 unspecified atom stereocenters. The summed E-state index contributed by atoms with van der Waals surface area (Å²) in [5.41, 5.74) is 4.90. The second-order valence-corrected chi connectivity index (χ2v) is 6.37. The number of aryl methyl sites for hydroxylation is 1. The van der Waals surface area contributed by atoms with E-state index in [4.69, 9.17) is 0 Å². The van der Waals surface area contributed by atoms with E-state index in [1.54, 1.807) is 16.7 Å². The number of fused-ring (bicyclic) bond motifs is 1. The molecular formula is C15H20BrN. The first-order valence-electron chi connectivity index (χ1n) is 6.84. The summed E-state index contributed by atoms with van der Waals surface area (Å²) in [6.45, 7) is 2.42. The van der Waals surface area contributed by atoms with Crippen LogP contribution >= 0.6 is 15.9 Å². The van der Waals surface area contributed by atoms with E-state index in [1.165, 1.54) is 56.1 Å². The Morgan fingerprint density at radius 2 is 2.00 bits per heavy atom. The molecule has 1 aliphatic carbocycles. The molecular weight excluding hydrogens is 274 g/mol. The van der Waals surface area contributed by atoms with Gasteiger partial charge in [0.1, 0.15) is 0 Å². The van der Waals surface area contributed by atoms with Crippen molar-refractivity contribution in [3.63, 3.8) is 0 Å². The zero-order valence-electron chi connectivity index (χ0n) is 10.3. The van der Waals surface area contributed by atoms with E-state index in [1.807, 2.05) is 0 Å². The number of nitrogens with one attached hydrogen (secondary N) is 1. The lowest BCUT2D eigenvalue weighted by molar-refractivity contribution is 0.372. The number of rotatable bonds is 2. The normalized spacial score (nSPS) is 20.5. The molecule has 0 saturated carbocycles. The van der Waals surface area contributed by atoms with Gasteiger partial charge < -0.3 is 5.32 Å². The van der Waals surface area contributed by atoms with E-state index in [0.717, 1.165) is 5.92 Å². The SMILES string of the molecule is Brc1cc2c(c(CC3CCNCC3)c1)CCC2. The van der Waals surface area contributed by atoms with Crippen LogP contribution in [0.25, 0.3) is 0 Å². The molecule has 3 rings (SSSR count). The highest BCUT2D eigenvalue weighted by atomic mass is 79.9. The van der Waals surface area contributed by atoms with Gasteiger partial charge in [-0.1, -0.05) is 15.9 Å². The van der Waals surface area contributed by atoms with Crippen molar-refractivity contribution in [1.29, 1.82) is 0 Å². The van der Waals surface area contributed by atoms with Crippen molar-refractivity contribution < 1.29 is 0 Å². The number of halogens is 1. The largest absolute Gasteiger partial charge is 0.317 e. The molecule has 1 N–H and O–H groups in total. The highest BCUT2D eigenvalue weighted by Gasteiger charge is 2.19. The van der Waals surface area contributed by atoms with Crippen LogP contribution in [0, 0.1) is 5.92 Å². The van der Waals surface area contributed by atoms with Crippen molar-refractivity contribution in [3.05, 3.63) is 33.3 Å². The summed E-state index contributed by atoms with van der Waals surface area (Å²) in [6, 6.07) is 4.69. The van der Waals surface area contributed by atoms with E-state index in [9.17, 15) is 0 Å². The molecule has 0 atom stereocenters. The number of benzene rings is 1. The minimum absolute atomic E-state index is 0.898. The molecule has 1 fully saturated rings. The maximum Gasteiger partial charge on any atom is 0.0180 e. The van der Waals surface area contributed by atoms with Gasteiger partial charge in [-0.05, 0) is 86.4 Å². The third kappa shape index (κ3) is 2.58. The van der Waals surface area contributed by atoms with E-state index in [-0.39, 0.29) is 0 Å². The monoisotopic (exact) mass is 293 g/mol. The second-order valence-electron chi connectivity index (χ2n) is 5.45. The van der Waals surface area contributed by atoms with Crippen molar-refractivity contribution in [3.8, 4) is 0 Å². The first kappa shape index (κ1) is 11.7. The Balaban J connectivity index is 1.82. The van der Waals surface area contributed by atoms with Gasteiger partial charge in [-0.15, -0.1) is 0 Å². The summed E-state index contributed by atoms with van der Waals surface area (Å²) in [6.07, 6.45) is 7.94. The molecule has 0 aromatic heterocycles. The van der Waals surface area contributed by atoms with Crippen LogP contribution in [0.4, 0.5) is 0 Å². The second kappa shape index (κ2) is 5.11. The van der Waals surface area contributed by atoms with Gasteiger partial charge in [-0.2, -0.15) is 0 Å². The van der Waals surface area contributed by atoms with Gasteiger partial charge in [0, 0.05) is 4.47 Å². The lowest BCUT2D eigenvalue weighted by atomic mass is 9.88. The van der Waals surface area contributed by atoms with Gasteiger partial charge in [0.05, 0.1) is 0 Å². The fraction of sp³-hybridized carbons (Fsp3) is 0.600. The summed E-state index contributed by atoms with van der Waals surface area (Å²) < 4.78 is 1.28. The maximum absolute atomic E-state index is 3.67. The van der Waals surface area contributed by atoms with Crippen molar-refractivity contribution in [2.24, 2.45) is 5.92 Å². The first-order chi connectivity index (χ1) is 8.33. The molecule has 0 amide bonds. The molecule has 2 heteroatoms. The molecule has 0 spiro atoms. The quantitative estimate of drug-likeness (QED) is 0.880. The summed E-state index contributed by atoms with van der Waals surface area (Å²) >= 11 is 3.67. The Bertz CT molecular complexity index is 408. The van der Waals surface area contributed by atoms with Crippen molar-refractivity contribution in [2.75, 3.05) is 13.1 Å². The lowest BCUT2D eigenvalue weighted by Gasteiger charge is -2.23. The molecule has 1 aromatic rings. The molecule has 1 aliphatic heterocycles. The third-order valence-corrected chi connectivity index (χ3v) is 4.70. The predicted octanol–water partition coefficient (Wildman–Crippen LogP) is 3.48. The molecule has 92 valence electrons. The topological polar surface area (TPSA) is 12.0 Å². The van der Waals surface area contributed by atoms with Crippen LogP contribution in [0.5, 0.6) is 0 Å². The van der Waals surface area contributed by atoms with Crippen LogP contribution < -0.4 is 5.32 Å². The number of hydrogen-bond donors (Lipinski definition) is 1. The van der Waals surface area contributed by atoms with E-state index in [2.05, 4.69) is 33.4 Å². The minimum atomic E-state index is 0.898. The Kier molecular flexibility index (Phi) is 3.53. The number of hydrogen-bond acceptors (Lipinski definition) is 1. The van der Waals surface area contributed by atoms with E-state index >= 15 is 0 Å². The zero-order chi connectivity index (χ0) is 11.7. The standard InChI is InChI=1S/C15H20BrN/c16-14-9-12-2-1-3-15(12)13(10-14)8-11-4-6-17-7-5-11/h9-11,17H,1-8H2. The van der Waals surface area contributed by atoms with Crippen molar-refractivity contribution in [2.45, 2.75) is 38.5 Å². The minimum Gasteiger partial charge on any atom is -0.317 e. The van der Waals surface area contributed by atoms with Crippen molar-refractivity contribution >= 4 is 15.9 Å². The highest BCUT2D eigenvalue weighted by molar-refractivity contribution is 9.10. The van der Waals surface area contributed by atoms with Gasteiger partial charge in [0.15, 0.2) is 0 Å². The summed E-state index contributed by atoms with van der Waals surface area (Å²) in [5, 5.41) is 3.45. The fourth-order valence-electron chi connectivity index (χ4n) is 3.33. The molecule has 0 radical (unpaired) electrons. The number of piperidine rings is 1. The first-order valence-corrected chi connectivity index (χ1v) is 7.63. The Hall–Kier alpha value is -0.340.